The van der Waals surface area contributed by atoms with E-state index < -0.39 is 0 Å². The van der Waals surface area contributed by atoms with E-state index in [1.807, 2.05) is 54.2 Å². The molecule has 0 fully saturated rings. The molecule has 2 heterocycles. The molecule has 0 saturated heterocycles. The second kappa shape index (κ2) is 7.13. The molecule has 4 rings (SSSR count). The van der Waals surface area contributed by atoms with E-state index in [-0.39, 0.29) is 6.03 Å². The van der Waals surface area contributed by atoms with Crippen LogP contribution in [0.2, 0.25) is 5.02 Å². The molecule has 0 radical (unpaired) electrons. The van der Waals surface area contributed by atoms with Gasteiger partial charge in [0.25, 0.3) is 0 Å². The van der Waals surface area contributed by atoms with Crippen molar-refractivity contribution in [2.75, 3.05) is 5.32 Å². The molecule has 0 aliphatic carbocycles. The molecule has 0 unspecified atom stereocenters. The van der Waals surface area contributed by atoms with Gasteiger partial charge < -0.3 is 10.6 Å². The highest BCUT2D eigenvalue weighted by atomic mass is 35.5. The number of nitrogens with one attached hydrogen (secondary N) is 3. The van der Waals surface area contributed by atoms with Gasteiger partial charge in [-0.05, 0) is 30.3 Å². The van der Waals surface area contributed by atoms with Gasteiger partial charge in [0.15, 0.2) is 0 Å². The second-order valence-electron chi connectivity index (χ2n) is 6.13. The van der Waals surface area contributed by atoms with Crippen LogP contribution in [0.1, 0.15) is 5.56 Å². The summed E-state index contributed by atoms with van der Waals surface area (Å²) in [4.78, 5) is 12.0. The van der Waals surface area contributed by atoms with E-state index in [1.165, 1.54) is 0 Å². The van der Waals surface area contributed by atoms with Gasteiger partial charge in [0.2, 0.25) is 0 Å². The van der Waals surface area contributed by atoms with E-state index in [0.717, 1.165) is 27.7 Å². The third-order valence-electron chi connectivity index (χ3n) is 4.24. The average molecular weight is 381 g/mol. The molecule has 0 bridgehead atoms. The van der Waals surface area contributed by atoms with Gasteiger partial charge in [0.05, 0.1) is 11.7 Å². The highest BCUT2D eigenvalue weighted by Crippen LogP contribution is 2.30. The predicted octanol–water partition coefficient (Wildman–Crippen LogP) is 3.94. The topological polar surface area (TPSA) is 87.6 Å². The van der Waals surface area contributed by atoms with Crippen molar-refractivity contribution in [3.8, 4) is 11.3 Å². The van der Waals surface area contributed by atoms with Gasteiger partial charge in [-0.15, -0.1) is 0 Å². The van der Waals surface area contributed by atoms with E-state index in [4.69, 9.17) is 11.6 Å². The van der Waals surface area contributed by atoms with E-state index in [2.05, 4.69) is 25.9 Å². The summed E-state index contributed by atoms with van der Waals surface area (Å²) in [6.07, 6.45) is 3.40. The van der Waals surface area contributed by atoms with Crippen molar-refractivity contribution in [1.29, 1.82) is 0 Å². The third-order valence-corrected chi connectivity index (χ3v) is 4.47. The maximum Gasteiger partial charge on any atom is 0.319 e. The van der Waals surface area contributed by atoms with Crippen LogP contribution in [0, 0.1) is 0 Å². The maximum absolute atomic E-state index is 12.0. The van der Waals surface area contributed by atoms with Crippen molar-refractivity contribution in [2.24, 2.45) is 7.05 Å². The highest BCUT2D eigenvalue weighted by molar-refractivity contribution is 6.31. The van der Waals surface area contributed by atoms with Crippen molar-refractivity contribution in [1.82, 2.24) is 25.3 Å². The number of halogens is 1. The number of fused-ring (bicyclic) bond motifs is 1. The number of anilines is 1. The van der Waals surface area contributed by atoms with Crippen molar-refractivity contribution in [3.63, 3.8) is 0 Å². The van der Waals surface area contributed by atoms with Crippen LogP contribution in [-0.4, -0.2) is 26.0 Å². The minimum Gasteiger partial charge on any atom is -0.334 e. The molecule has 0 atom stereocenters. The fourth-order valence-electron chi connectivity index (χ4n) is 2.89. The fourth-order valence-corrected chi connectivity index (χ4v) is 3.07. The first-order chi connectivity index (χ1) is 13.1. The van der Waals surface area contributed by atoms with Gasteiger partial charge >= 0.3 is 6.03 Å². The van der Waals surface area contributed by atoms with Gasteiger partial charge in [0.1, 0.15) is 5.69 Å². The monoisotopic (exact) mass is 380 g/mol. The Morgan fingerprint density at radius 3 is 2.78 bits per heavy atom. The zero-order valence-corrected chi connectivity index (χ0v) is 15.3. The normalized spacial score (nSPS) is 10.9. The molecular formula is C19H17ClN6O. The van der Waals surface area contributed by atoms with Crippen LogP contribution in [0.3, 0.4) is 0 Å². The quantitative estimate of drug-likeness (QED) is 0.501. The van der Waals surface area contributed by atoms with Crippen LogP contribution < -0.4 is 10.6 Å². The Labute approximate surface area is 160 Å². The van der Waals surface area contributed by atoms with Crippen LogP contribution in [0.25, 0.3) is 22.2 Å². The second-order valence-corrected chi connectivity index (χ2v) is 6.56. The Hall–Kier alpha value is -3.32. The molecule has 0 spiro atoms. The lowest BCUT2D eigenvalue weighted by atomic mass is 10.1. The summed E-state index contributed by atoms with van der Waals surface area (Å²) in [6.45, 7) is 0.404. The van der Waals surface area contributed by atoms with Crippen molar-refractivity contribution in [3.05, 3.63) is 65.4 Å². The number of benzene rings is 2. The number of H-pyrrole nitrogens is 1. The van der Waals surface area contributed by atoms with Crippen molar-refractivity contribution < 1.29 is 4.79 Å². The maximum atomic E-state index is 12.0. The summed E-state index contributed by atoms with van der Waals surface area (Å²) in [5.74, 6) is 0. The molecule has 8 heteroatoms. The number of amides is 2. The molecule has 0 aliphatic heterocycles. The Morgan fingerprint density at radius 2 is 2.04 bits per heavy atom. The van der Waals surface area contributed by atoms with E-state index in [0.29, 0.717) is 17.3 Å². The van der Waals surface area contributed by atoms with Crippen LogP contribution in [0.15, 0.2) is 54.9 Å². The van der Waals surface area contributed by atoms with Crippen molar-refractivity contribution >= 4 is 34.2 Å². The van der Waals surface area contributed by atoms with Crippen LogP contribution in [0.4, 0.5) is 10.5 Å². The highest BCUT2D eigenvalue weighted by Gasteiger charge is 2.11. The molecule has 136 valence electrons. The average Bonchev–Trinajstić information content (AvgIpc) is 3.29. The molecule has 2 amide bonds. The first-order valence-electron chi connectivity index (χ1n) is 8.35. The first-order valence-corrected chi connectivity index (χ1v) is 8.73. The van der Waals surface area contributed by atoms with Gasteiger partial charge in [-0.25, -0.2) is 4.79 Å². The number of rotatable bonds is 4. The summed E-state index contributed by atoms with van der Waals surface area (Å²) >= 11 is 6.14. The number of nitrogens with zero attached hydrogens (tertiary/aromatic N) is 3. The zero-order valence-electron chi connectivity index (χ0n) is 14.5. The lowest BCUT2D eigenvalue weighted by molar-refractivity contribution is 0.251. The Balaban J connectivity index is 1.49. The molecule has 0 saturated carbocycles. The lowest BCUT2D eigenvalue weighted by Crippen LogP contribution is -2.27. The van der Waals surface area contributed by atoms with Crippen molar-refractivity contribution in [2.45, 2.75) is 6.54 Å². The van der Waals surface area contributed by atoms with Crippen LogP contribution in [0.5, 0.6) is 0 Å². The number of aromatic amines is 1. The summed E-state index contributed by atoms with van der Waals surface area (Å²) in [7, 11) is 1.90. The molecule has 2 aromatic heterocycles. The summed E-state index contributed by atoms with van der Waals surface area (Å²) in [5.41, 5.74) is 4.41. The number of carbonyl (C=O) groups excluding carboxylic acids is 1. The SMILES string of the molecule is Cn1nc(-c2ccc(NC(=O)NCc3cn[nH]c3)cc2)c2cc(Cl)ccc21. The summed E-state index contributed by atoms with van der Waals surface area (Å²) in [5, 5.41) is 18.4. The number of carbonyl (C=O) groups is 1. The van der Waals surface area contributed by atoms with Crippen LogP contribution in [-0.2, 0) is 13.6 Å². The largest absolute Gasteiger partial charge is 0.334 e. The third kappa shape index (κ3) is 3.63. The molecule has 27 heavy (non-hydrogen) atoms. The van der Waals surface area contributed by atoms with Gasteiger partial charge in [-0.2, -0.15) is 10.2 Å². The van der Waals surface area contributed by atoms with E-state index in [9.17, 15) is 4.79 Å². The fraction of sp³-hybridized carbons (Fsp3) is 0.105. The number of aryl methyl sites for hydroxylation is 1. The smallest absolute Gasteiger partial charge is 0.319 e. The predicted molar refractivity (Wildman–Crippen MR) is 106 cm³/mol. The minimum atomic E-state index is -0.279. The Morgan fingerprint density at radius 1 is 1.22 bits per heavy atom. The standard InChI is InChI=1S/C19H17ClN6O/c1-26-17-7-4-14(20)8-16(17)18(25-26)13-2-5-15(6-3-13)24-19(27)21-9-12-10-22-23-11-12/h2-8,10-11H,9H2,1H3,(H,22,23)(H2,21,24,27). The van der Waals surface area contributed by atoms with Gasteiger partial charge in [-0.1, -0.05) is 23.7 Å². The number of hydrogen-bond donors (Lipinski definition) is 3. The van der Waals surface area contributed by atoms with Gasteiger partial charge in [-0.3, -0.25) is 9.78 Å². The number of aromatic nitrogens is 4. The Bertz CT molecular complexity index is 1090. The van der Waals surface area contributed by atoms with E-state index >= 15 is 0 Å². The summed E-state index contributed by atoms with van der Waals surface area (Å²) in [6, 6.07) is 13.0. The van der Waals surface area contributed by atoms with Crippen LogP contribution >= 0.6 is 11.6 Å². The molecule has 3 N–H and O–H groups in total. The minimum absolute atomic E-state index is 0.279. The lowest BCUT2D eigenvalue weighted by Gasteiger charge is -2.07. The number of hydrogen-bond acceptors (Lipinski definition) is 3. The zero-order chi connectivity index (χ0) is 18.8. The van der Waals surface area contributed by atoms with Gasteiger partial charge in [0, 0.05) is 47.0 Å². The molecule has 7 nitrogen and oxygen atoms in total. The number of urea groups is 1. The molecule has 2 aromatic carbocycles. The molecule has 4 aromatic rings. The molecular weight excluding hydrogens is 364 g/mol. The Kier molecular flexibility index (Phi) is 4.52. The first kappa shape index (κ1) is 17.1. The summed E-state index contributed by atoms with van der Waals surface area (Å²) < 4.78 is 1.83. The van der Waals surface area contributed by atoms with E-state index in [1.54, 1.807) is 12.4 Å². The molecule has 0 aliphatic rings.